The van der Waals surface area contributed by atoms with Crippen molar-refractivity contribution < 1.29 is 22.7 Å². The van der Waals surface area contributed by atoms with E-state index >= 15 is 0 Å². The van der Waals surface area contributed by atoms with Gasteiger partial charge in [0.2, 0.25) is 0 Å². The van der Waals surface area contributed by atoms with E-state index in [4.69, 9.17) is 4.74 Å². The maximum atomic E-state index is 12.8. The minimum Gasteiger partial charge on any atom is -0.452 e. The van der Waals surface area contributed by atoms with Crippen molar-refractivity contribution in [3.63, 3.8) is 0 Å². The lowest BCUT2D eigenvalue weighted by molar-refractivity contribution is -0.134. The predicted molar refractivity (Wildman–Crippen MR) is 111 cm³/mol. The summed E-state index contributed by atoms with van der Waals surface area (Å²) in [6.45, 7) is 7.82. The number of nitrogens with zero attached hydrogens (tertiary/aromatic N) is 1. The number of aryl methyl sites for hydroxylation is 2. The number of amides is 1. The van der Waals surface area contributed by atoms with Crippen LogP contribution in [0.5, 0.6) is 0 Å². The van der Waals surface area contributed by atoms with Crippen LogP contribution in [0, 0.1) is 13.8 Å². The summed E-state index contributed by atoms with van der Waals surface area (Å²) in [5.41, 5.74) is 1.90. The number of sulfonamides is 1. The Morgan fingerprint density at radius 1 is 1.03 bits per heavy atom. The number of carbonyl (C=O) groups is 2. The molecule has 0 aliphatic carbocycles. The molecule has 1 N–H and O–H groups in total. The Balaban J connectivity index is 2.20. The summed E-state index contributed by atoms with van der Waals surface area (Å²) in [4.78, 5) is 25.8. The first-order valence-corrected chi connectivity index (χ1v) is 10.8. The van der Waals surface area contributed by atoms with Crippen LogP contribution in [0.1, 0.15) is 35.3 Å². The monoisotopic (exact) mass is 418 g/mol. The van der Waals surface area contributed by atoms with Crippen molar-refractivity contribution in [2.75, 3.05) is 24.4 Å². The number of rotatable bonds is 8. The highest BCUT2D eigenvalue weighted by Crippen LogP contribution is 2.22. The van der Waals surface area contributed by atoms with Crippen LogP contribution in [0.4, 0.5) is 5.69 Å². The molecule has 0 atom stereocenters. The fourth-order valence-electron chi connectivity index (χ4n) is 2.81. The van der Waals surface area contributed by atoms with Crippen LogP contribution >= 0.6 is 0 Å². The molecule has 29 heavy (non-hydrogen) atoms. The van der Waals surface area contributed by atoms with E-state index in [9.17, 15) is 18.0 Å². The molecule has 1 amide bonds. The van der Waals surface area contributed by atoms with Gasteiger partial charge in [0.15, 0.2) is 6.61 Å². The van der Waals surface area contributed by atoms with Gasteiger partial charge < -0.3 is 9.64 Å². The van der Waals surface area contributed by atoms with Gasteiger partial charge in [-0.25, -0.2) is 13.2 Å². The molecule has 0 unspecified atom stereocenters. The normalized spacial score (nSPS) is 11.0. The van der Waals surface area contributed by atoms with Gasteiger partial charge in [-0.15, -0.1) is 0 Å². The topological polar surface area (TPSA) is 92.8 Å². The van der Waals surface area contributed by atoms with E-state index in [2.05, 4.69) is 4.72 Å². The minimum atomic E-state index is -3.90. The van der Waals surface area contributed by atoms with E-state index in [1.165, 1.54) is 18.2 Å². The molecule has 156 valence electrons. The Kier molecular flexibility index (Phi) is 7.39. The Hall–Kier alpha value is -2.87. The molecule has 0 spiro atoms. The molecule has 2 rings (SSSR count). The number of nitrogens with one attached hydrogen (secondary N) is 1. The average molecular weight is 419 g/mol. The summed E-state index contributed by atoms with van der Waals surface area (Å²) in [7, 11) is -3.90. The fourth-order valence-corrected chi connectivity index (χ4v) is 4.13. The van der Waals surface area contributed by atoms with Crippen LogP contribution < -0.4 is 4.72 Å². The third-order valence-electron chi connectivity index (χ3n) is 4.43. The fraction of sp³-hybridized carbons (Fsp3) is 0.333. The highest BCUT2D eigenvalue weighted by molar-refractivity contribution is 7.92. The van der Waals surface area contributed by atoms with Crippen LogP contribution in [0.2, 0.25) is 0 Å². The zero-order valence-corrected chi connectivity index (χ0v) is 17.9. The molecule has 0 aliphatic rings. The van der Waals surface area contributed by atoms with Gasteiger partial charge in [-0.1, -0.05) is 18.2 Å². The van der Waals surface area contributed by atoms with Gasteiger partial charge in [0.1, 0.15) is 0 Å². The summed E-state index contributed by atoms with van der Waals surface area (Å²) in [6, 6.07) is 11.2. The number of hydrogen-bond donors (Lipinski definition) is 1. The molecule has 0 aromatic heterocycles. The van der Waals surface area contributed by atoms with Crippen LogP contribution in [0.25, 0.3) is 0 Å². The molecule has 2 aromatic carbocycles. The number of likely N-dealkylation sites (N-methyl/N-ethyl adjacent to an activating group) is 1. The summed E-state index contributed by atoms with van der Waals surface area (Å²) in [5, 5.41) is 0. The standard InChI is InChI=1S/C21H26N2O5S/c1-5-23(6-2)20(24)14-28-21(25)17-11-10-16(4)19(13-17)29(26,27)22-18-9-7-8-15(3)12-18/h7-13,22H,5-6,14H2,1-4H3. The Labute approximate surface area is 171 Å². The van der Waals surface area contributed by atoms with E-state index in [0.717, 1.165) is 5.56 Å². The largest absolute Gasteiger partial charge is 0.452 e. The minimum absolute atomic E-state index is 0.0245. The van der Waals surface area contributed by atoms with Crippen LogP contribution in [0.15, 0.2) is 47.4 Å². The van der Waals surface area contributed by atoms with E-state index < -0.39 is 22.6 Å². The van der Waals surface area contributed by atoms with E-state index in [-0.39, 0.29) is 16.4 Å². The second-order valence-electron chi connectivity index (χ2n) is 6.60. The molecule has 7 nitrogen and oxygen atoms in total. The first-order valence-electron chi connectivity index (χ1n) is 9.33. The lowest BCUT2D eigenvalue weighted by Crippen LogP contribution is -2.34. The Morgan fingerprint density at radius 2 is 1.72 bits per heavy atom. The van der Waals surface area contributed by atoms with E-state index in [1.54, 1.807) is 30.0 Å². The first kappa shape index (κ1) is 22.4. The lowest BCUT2D eigenvalue weighted by atomic mass is 10.1. The first-order chi connectivity index (χ1) is 13.7. The molecule has 0 saturated heterocycles. The van der Waals surface area contributed by atoms with Crippen molar-refractivity contribution in [3.8, 4) is 0 Å². The molecular formula is C21H26N2O5S. The maximum Gasteiger partial charge on any atom is 0.338 e. The highest BCUT2D eigenvalue weighted by atomic mass is 32.2. The maximum absolute atomic E-state index is 12.8. The predicted octanol–water partition coefficient (Wildman–Crippen LogP) is 3.13. The molecular weight excluding hydrogens is 392 g/mol. The second-order valence-corrected chi connectivity index (χ2v) is 8.25. The van der Waals surface area contributed by atoms with Crippen molar-refractivity contribution in [3.05, 3.63) is 59.2 Å². The molecule has 2 aromatic rings. The molecule has 0 fully saturated rings. The molecule has 0 radical (unpaired) electrons. The molecule has 0 aliphatic heterocycles. The van der Waals surface area contributed by atoms with Crippen molar-refractivity contribution in [1.82, 2.24) is 4.90 Å². The average Bonchev–Trinajstić information content (AvgIpc) is 2.67. The van der Waals surface area contributed by atoms with Gasteiger partial charge in [0.25, 0.3) is 15.9 Å². The van der Waals surface area contributed by atoms with E-state index in [0.29, 0.717) is 24.3 Å². The summed E-state index contributed by atoms with van der Waals surface area (Å²) in [5.74, 6) is -1.05. The molecule has 0 bridgehead atoms. The smallest absolute Gasteiger partial charge is 0.338 e. The number of benzene rings is 2. The quantitative estimate of drug-likeness (QED) is 0.665. The molecule has 0 heterocycles. The van der Waals surface area contributed by atoms with Gasteiger partial charge >= 0.3 is 5.97 Å². The number of esters is 1. The Bertz CT molecular complexity index is 998. The summed E-state index contributed by atoms with van der Waals surface area (Å²) < 4.78 is 33.2. The third-order valence-corrected chi connectivity index (χ3v) is 5.95. The zero-order chi connectivity index (χ0) is 21.6. The zero-order valence-electron chi connectivity index (χ0n) is 17.1. The third kappa shape index (κ3) is 5.80. The molecule has 8 heteroatoms. The lowest BCUT2D eigenvalue weighted by Gasteiger charge is -2.18. The number of anilines is 1. The number of ether oxygens (including phenoxy) is 1. The van der Waals surface area contributed by atoms with Gasteiger partial charge in [-0.3, -0.25) is 9.52 Å². The number of hydrogen-bond acceptors (Lipinski definition) is 5. The van der Waals surface area contributed by atoms with Gasteiger partial charge in [0, 0.05) is 18.8 Å². The second kappa shape index (κ2) is 9.56. The molecule has 0 saturated carbocycles. The van der Waals surface area contributed by atoms with Crippen molar-refractivity contribution in [2.24, 2.45) is 0 Å². The van der Waals surface area contributed by atoms with Gasteiger partial charge in [0.05, 0.1) is 10.5 Å². The van der Waals surface area contributed by atoms with Gasteiger partial charge in [-0.05, 0) is 63.1 Å². The summed E-state index contributed by atoms with van der Waals surface area (Å²) in [6.07, 6.45) is 0. The van der Waals surface area contributed by atoms with Crippen molar-refractivity contribution in [1.29, 1.82) is 0 Å². The number of carbonyl (C=O) groups excluding carboxylic acids is 2. The van der Waals surface area contributed by atoms with E-state index in [1.807, 2.05) is 26.8 Å². The van der Waals surface area contributed by atoms with Crippen LogP contribution in [0.3, 0.4) is 0 Å². The van der Waals surface area contributed by atoms with Crippen molar-refractivity contribution >= 4 is 27.6 Å². The highest BCUT2D eigenvalue weighted by Gasteiger charge is 2.21. The van der Waals surface area contributed by atoms with Crippen molar-refractivity contribution in [2.45, 2.75) is 32.6 Å². The summed E-state index contributed by atoms with van der Waals surface area (Å²) >= 11 is 0. The van der Waals surface area contributed by atoms with Gasteiger partial charge in [-0.2, -0.15) is 0 Å². The SMILES string of the molecule is CCN(CC)C(=O)COC(=O)c1ccc(C)c(S(=O)(=O)Nc2cccc(C)c2)c1. The van der Waals surface area contributed by atoms with Crippen LogP contribution in [-0.4, -0.2) is 44.9 Å². The Morgan fingerprint density at radius 3 is 2.34 bits per heavy atom. The van der Waals surface area contributed by atoms with Crippen LogP contribution in [-0.2, 0) is 19.6 Å².